The molecule has 0 spiro atoms. The highest BCUT2D eigenvalue weighted by molar-refractivity contribution is 5.92. The predicted molar refractivity (Wildman–Crippen MR) is 56.3 cm³/mol. The number of amides is 1. The number of aromatic amines is 1. The summed E-state index contributed by atoms with van der Waals surface area (Å²) in [5, 5.41) is 19.0. The monoisotopic (exact) mass is 208 g/mol. The number of hydrazone groups is 1. The lowest BCUT2D eigenvalue weighted by molar-refractivity contribution is -0.116. The molecule has 1 amide bonds. The number of carbonyl (C=O) groups is 1. The van der Waals surface area contributed by atoms with Crippen LogP contribution in [0.5, 0.6) is 5.88 Å². The molecular weight excluding hydrogens is 196 g/mol. The van der Waals surface area contributed by atoms with Crippen LogP contribution in [0.2, 0.25) is 0 Å². The maximum absolute atomic E-state index is 11.1. The third-order valence-electron chi connectivity index (χ3n) is 1.68. The molecule has 0 aliphatic rings. The fourth-order valence-electron chi connectivity index (χ4n) is 0.953. The van der Waals surface area contributed by atoms with Crippen LogP contribution >= 0.6 is 0 Å². The van der Waals surface area contributed by atoms with E-state index in [1.807, 2.05) is 0 Å². The number of H-pyrrole nitrogens is 1. The van der Waals surface area contributed by atoms with Gasteiger partial charge in [-0.25, -0.2) is 10.5 Å². The Morgan fingerprint density at radius 3 is 2.93 bits per heavy atom. The van der Waals surface area contributed by atoms with Gasteiger partial charge in [-0.3, -0.25) is 4.79 Å². The minimum Gasteiger partial charge on any atom is -0.493 e. The van der Waals surface area contributed by atoms with E-state index in [2.05, 4.69) is 20.7 Å². The van der Waals surface area contributed by atoms with Gasteiger partial charge in [0.15, 0.2) is 0 Å². The molecule has 6 nitrogen and oxygen atoms in total. The smallest absolute Gasteiger partial charge is 0.264 e. The molecule has 0 fully saturated rings. The zero-order valence-corrected chi connectivity index (χ0v) is 8.48. The number of nitrogens with zero attached hydrogens (tertiary/aromatic N) is 2. The molecular formula is C9H12N4O2. The number of aromatic nitrogens is 2. The lowest BCUT2D eigenvalue weighted by atomic mass is 10.2. The largest absolute Gasteiger partial charge is 0.493 e. The minimum absolute atomic E-state index is 0.0597. The average Bonchev–Trinajstić information content (AvgIpc) is 2.53. The molecule has 6 heteroatoms. The van der Waals surface area contributed by atoms with Crippen molar-refractivity contribution in [2.24, 2.45) is 5.10 Å². The Morgan fingerprint density at radius 1 is 1.67 bits per heavy atom. The highest BCUT2D eigenvalue weighted by atomic mass is 16.3. The quantitative estimate of drug-likeness (QED) is 0.385. The molecule has 0 bridgehead atoms. The summed E-state index contributed by atoms with van der Waals surface area (Å²) in [4.78, 5) is 11.1. The minimum atomic E-state index is -0.367. The lowest BCUT2D eigenvalue weighted by Crippen LogP contribution is -2.13. The number of hydrogen-bond acceptors (Lipinski definition) is 4. The van der Waals surface area contributed by atoms with Gasteiger partial charge < -0.3 is 5.11 Å². The van der Waals surface area contributed by atoms with E-state index in [0.29, 0.717) is 11.3 Å². The Morgan fingerprint density at radius 2 is 2.40 bits per heavy atom. The van der Waals surface area contributed by atoms with Crippen molar-refractivity contribution in [2.75, 3.05) is 0 Å². The number of carbonyl (C=O) groups excluding carboxylic acids is 1. The third kappa shape index (κ3) is 2.94. The molecule has 1 aromatic rings. The van der Waals surface area contributed by atoms with Gasteiger partial charge in [-0.1, -0.05) is 0 Å². The molecule has 0 saturated carbocycles. The van der Waals surface area contributed by atoms with Gasteiger partial charge >= 0.3 is 0 Å². The number of nitrogens with one attached hydrogen (secondary N) is 2. The highest BCUT2D eigenvalue weighted by Crippen LogP contribution is 2.17. The van der Waals surface area contributed by atoms with Crippen molar-refractivity contribution in [2.45, 2.75) is 13.8 Å². The van der Waals surface area contributed by atoms with Gasteiger partial charge in [0, 0.05) is 12.3 Å². The first kappa shape index (κ1) is 11.0. The van der Waals surface area contributed by atoms with Gasteiger partial charge in [-0.2, -0.15) is 10.2 Å². The molecule has 0 saturated heterocycles. The molecule has 1 aromatic heterocycles. The van der Waals surface area contributed by atoms with Gasteiger partial charge in [-0.05, 0) is 19.9 Å². The molecule has 1 rings (SSSR count). The van der Waals surface area contributed by atoms with Crippen molar-refractivity contribution in [3.05, 3.63) is 17.3 Å². The number of aryl methyl sites for hydroxylation is 1. The summed E-state index contributed by atoms with van der Waals surface area (Å²) in [6, 6.07) is 0. The molecule has 15 heavy (non-hydrogen) atoms. The van der Waals surface area contributed by atoms with Gasteiger partial charge in [0.2, 0.25) is 5.88 Å². The van der Waals surface area contributed by atoms with Gasteiger partial charge in [-0.15, -0.1) is 0 Å². The van der Waals surface area contributed by atoms with Crippen molar-refractivity contribution in [3.63, 3.8) is 0 Å². The third-order valence-corrected chi connectivity index (χ3v) is 1.68. The van der Waals surface area contributed by atoms with Crippen LogP contribution in [0, 0.1) is 6.92 Å². The van der Waals surface area contributed by atoms with Crippen molar-refractivity contribution < 1.29 is 9.90 Å². The van der Waals surface area contributed by atoms with Crippen molar-refractivity contribution in [1.29, 1.82) is 0 Å². The van der Waals surface area contributed by atoms with Crippen LogP contribution < -0.4 is 5.43 Å². The van der Waals surface area contributed by atoms with E-state index in [9.17, 15) is 9.90 Å². The van der Waals surface area contributed by atoms with Gasteiger partial charge in [0.05, 0.1) is 11.3 Å². The van der Waals surface area contributed by atoms with Gasteiger partial charge in [0.25, 0.3) is 5.91 Å². The molecule has 0 aliphatic carbocycles. The van der Waals surface area contributed by atoms with Crippen LogP contribution in [0.25, 0.3) is 6.08 Å². The normalized spacial score (nSPS) is 11.3. The SMILES string of the molecule is C/C=N/NC(=O)C=Cc1c(C)n[nH]c1O. The van der Waals surface area contributed by atoms with Crippen LogP contribution in [0.4, 0.5) is 0 Å². The maximum atomic E-state index is 11.1. The summed E-state index contributed by atoms with van der Waals surface area (Å²) < 4.78 is 0. The molecule has 0 unspecified atom stereocenters. The summed E-state index contributed by atoms with van der Waals surface area (Å²) in [6.45, 7) is 3.41. The summed E-state index contributed by atoms with van der Waals surface area (Å²) in [7, 11) is 0. The second kappa shape index (κ2) is 4.94. The Bertz CT molecular complexity index is 387. The van der Waals surface area contributed by atoms with Gasteiger partial charge in [0.1, 0.15) is 0 Å². The average molecular weight is 208 g/mol. The Hall–Kier alpha value is -2.11. The van der Waals surface area contributed by atoms with Crippen LogP contribution in [0.3, 0.4) is 0 Å². The Balaban J connectivity index is 2.69. The summed E-state index contributed by atoms with van der Waals surface area (Å²) in [5.41, 5.74) is 3.38. The molecule has 0 aromatic carbocycles. The van der Waals surface area contributed by atoms with Crippen LogP contribution in [0.1, 0.15) is 18.2 Å². The van der Waals surface area contributed by atoms with E-state index in [1.165, 1.54) is 18.4 Å². The molecule has 80 valence electrons. The van der Waals surface area contributed by atoms with Crippen LogP contribution in [-0.2, 0) is 4.79 Å². The number of rotatable bonds is 3. The van der Waals surface area contributed by atoms with E-state index in [1.54, 1.807) is 13.8 Å². The fraction of sp³-hybridized carbons (Fsp3) is 0.222. The molecule has 0 atom stereocenters. The first-order chi connectivity index (χ1) is 7.15. The first-order valence-corrected chi connectivity index (χ1v) is 4.34. The standard InChI is InChI=1S/C9H12N4O2/c1-3-10-12-8(14)5-4-7-6(2)11-13-9(7)15/h3-5H,1-2H3,(H,12,14)(H2,11,13,15)/b5-4?,10-3+. The maximum Gasteiger partial charge on any atom is 0.264 e. The summed E-state index contributed by atoms with van der Waals surface area (Å²) in [5.74, 6) is -0.427. The molecule has 0 radical (unpaired) electrons. The summed E-state index contributed by atoms with van der Waals surface area (Å²) in [6.07, 6.45) is 4.20. The van der Waals surface area contributed by atoms with E-state index in [4.69, 9.17) is 0 Å². The summed E-state index contributed by atoms with van der Waals surface area (Å²) >= 11 is 0. The van der Waals surface area contributed by atoms with Crippen molar-refractivity contribution in [3.8, 4) is 5.88 Å². The molecule has 0 aliphatic heterocycles. The van der Waals surface area contributed by atoms with E-state index in [-0.39, 0.29) is 11.8 Å². The number of aromatic hydroxyl groups is 1. The predicted octanol–water partition coefficient (Wildman–Crippen LogP) is 0.559. The zero-order valence-electron chi connectivity index (χ0n) is 8.48. The second-order valence-electron chi connectivity index (χ2n) is 2.77. The zero-order chi connectivity index (χ0) is 11.3. The first-order valence-electron chi connectivity index (χ1n) is 4.34. The van der Waals surface area contributed by atoms with Crippen LogP contribution in [0.15, 0.2) is 11.2 Å². The topological polar surface area (TPSA) is 90.4 Å². The van der Waals surface area contributed by atoms with E-state index >= 15 is 0 Å². The Labute approximate surface area is 86.7 Å². The molecule has 1 heterocycles. The van der Waals surface area contributed by atoms with Crippen molar-refractivity contribution >= 4 is 18.2 Å². The van der Waals surface area contributed by atoms with E-state index < -0.39 is 0 Å². The fourth-order valence-corrected chi connectivity index (χ4v) is 0.953. The second-order valence-corrected chi connectivity index (χ2v) is 2.77. The van der Waals surface area contributed by atoms with Crippen molar-refractivity contribution in [1.82, 2.24) is 15.6 Å². The Kier molecular flexibility index (Phi) is 3.61. The molecule has 3 N–H and O–H groups in total. The van der Waals surface area contributed by atoms with E-state index in [0.717, 1.165) is 0 Å². The number of hydrogen-bond donors (Lipinski definition) is 3. The highest BCUT2D eigenvalue weighted by Gasteiger charge is 2.04. The lowest BCUT2D eigenvalue weighted by Gasteiger charge is -1.92. The van der Waals surface area contributed by atoms with Crippen LogP contribution in [-0.4, -0.2) is 27.4 Å².